The molecule has 0 fully saturated rings. The van der Waals surface area contributed by atoms with E-state index in [2.05, 4.69) is 17.6 Å². The summed E-state index contributed by atoms with van der Waals surface area (Å²) in [6, 6.07) is 7.53. The molecular formula is C14H22N2O2. The highest BCUT2D eigenvalue weighted by Crippen LogP contribution is 2.16. The van der Waals surface area contributed by atoms with E-state index in [0.717, 1.165) is 24.2 Å². The molecule has 1 aromatic carbocycles. The van der Waals surface area contributed by atoms with Gasteiger partial charge in [0.25, 0.3) is 0 Å². The number of carbonyl (C=O) groups excluding carboxylic acids is 1. The van der Waals surface area contributed by atoms with E-state index in [4.69, 9.17) is 0 Å². The Kier molecular flexibility index (Phi) is 6.39. The third kappa shape index (κ3) is 4.47. The number of rotatable bonds is 7. The van der Waals surface area contributed by atoms with Crippen LogP contribution in [0.1, 0.15) is 38.3 Å². The lowest BCUT2D eigenvalue weighted by atomic mass is 10.1. The average molecular weight is 250 g/mol. The molecule has 1 aromatic rings. The van der Waals surface area contributed by atoms with Crippen molar-refractivity contribution in [3.63, 3.8) is 0 Å². The summed E-state index contributed by atoms with van der Waals surface area (Å²) in [5.41, 5.74) is 1.82. The van der Waals surface area contributed by atoms with Crippen molar-refractivity contribution in [1.82, 2.24) is 5.32 Å². The molecule has 0 saturated heterocycles. The third-order valence-electron chi connectivity index (χ3n) is 2.74. The van der Waals surface area contributed by atoms with Gasteiger partial charge in [-0.1, -0.05) is 26.0 Å². The van der Waals surface area contributed by atoms with Gasteiger partial charge in [-0.15, -0.1) is 0 Å². The summed E-state index contributed by atoms with van der Waals surface area (Å²) in [6.07, 6.45) is 1.50. The zero-order valence-electron chi connectivity index (χ0n) is 11.1. The summed E-state index contributed by atoms with van der Waals surface area (Å²) in [5.74, 6) is 0.00515. The summed E-state index contributed by atoms with van der Waals surface area (Å²) in [7, 11) is 0. The van der Waals surface area contributed by atoms with E-state index in [1.54, 1.807) is 0 Å². The number of hydrogen-bond acceptors (Lipinski definition) is 3. The minimum absolute atomic E-state index is 0.00515. The van der Waals surface area contributed by atoms with E-state index in [1.807, 2.05) is 31.2 Å². The van der Waals surface area contributed by atoms with Crippen LogP contribution in [0, 0.1) is 0 Å². The standard InChI is InChI=1S/C14H22N2O2/c1-3-9-15-13(10-17)11-5-7-12(8-6-11)16-14(18)4-2/h5-8,13,15,17H,3-4,9-10H2,1-2H3,(H,16,18). The molecule has 0 aliphatic rings. The normalized spacial score (nSPS) is 12.2. The van der Waals surface area contributed by atoms with E-state index in [0.29, 0.717) is 6.42 Å². The molecule has 4 nitrogen and oxygen atoms in total. The third-order valence-corrected chi connectivity index (χ3v) is 2.74. The van der Waals surface area contributed by atoms with Crippen LogP contribution >= 0.6 is 0 Å². The Labute approximate surface area is 108 Å². The Hall–Kier alpha value is -1.39. The highest BCUT2D eigenvalue weighted by atomic mass is 16.3. The molecule has 0 aliphatic carbocycles. The Morgan fingerprint density at radius 2 is 1.94 bits per heavy atom. The molecule has 0 aliphatic heterocycles. The Morgan fingerprint density at radius 1 is 1.28 bits per heavy atom. The van der Waals surface area contributed by atoms with Crippen molar-refractivity contribution in [1.29, 1.82) is 0 Å². The average Bonchev–Trinajstić information content (AvgIpc) is 2.41. The minimum atomic E-state index is -0.0409. The summed E-state index contributed by atoms with van der Waals surface area (Å²) in [4.78, 5) is 11.2. The van der Waals surface area contributed by atoms with E-state index in [1.165, 1.54) is 0 Å². The molecule has 0 heterocycles. The monoisotopic (exact) mass is 250 g/mol. The fourth-order valence-corrected chi connectivity index (χ4v) is 1.65. The molecule has 18 heavy (non-hydrogen) atoms. The smallest absolute Gasteiger partial charge is 0.224 e. The van der Waals surface area contributed by atoms with Crippen molar-refractivity contribution in [2.75, 3.05) is 18.5 Å². The Morgan fingerprint density at radius 3 is 2.44 bits per heavy atom. The van der Waals surface area contributed by atoms with Crippen LogP contribution in [0.25, 0.3) is 0 Å². The maximum atomic E-state index is 11.2. The van der Waals surface area contributed by atoms with Crippen molar-refractivity contribution in [3.05, 3.63) is 29.8 Å². The van der Waals surface area contributed by atoms with Crippen molar-refractivity contribution in [2.45, 2.75) is 32.7 Å². The molecule has 100 valence electrons. The summed E-state index contributed by atoms with van der Waals surface area (Å²) < 4.78 is 0. The van der Waals surface area contributed by atoms with Gasteiger partial charge in [-0.05, 0) is 30.7 Å². The van der Waals surface area contributed by atoms with E-state index < -0.39 is 0 Å². The molecule has 3 N–H and O–H groups in total. The second-order valence-electron chi connectivity index (χ2n) is 4.21. The molecule has 1 rings (SSSR count). The van der Waals surface area contributed by atoms with Crippen LogP contribution < -0.4 is 10.6 Å². The van der Waals surface area contributed by atoms with Gasteiger partial charge >= 0.3 is 0 Å². The van der Waals surface area contributed by atoms with Crippen molar-refractivity contribution in [3.8, 4) is 0 Å². The first kappa shape index (κ1) is 14.7. The highest BCUT2D eigenvalue weighted by Gasteiger charge is 2.09. The molecule has 1 atom stereocenters. The van der Waals surface area contributed by atoms with E-state index in [9.17, 15) is 9.90 Å². The van der Waals surface area contributed by atoms with Crippen LogP contribution in [0.2, 0.25) is 0 Å². The summed E-state index contributed by atoms with van der Waals surface area (Å²) >= 11 is 0. The van der Waals surface area contributed by atoms with Gasteiger partial charge < -0.3 is 15.7 Å². The summed E-state index contributed by atoms with van der Waals surface area (Å²) in [6.45, 7) is 4.85. The second kappa shape index (κ2) is 7.84. The predicted molar refractivity (Wildman–Crippen MR) is 73.5 cm³/mol. The number of amides is 1. The molecule has 0 saturated carbocycles. The van der Waals surface area contributed by atoms with Gasteiger partial charge in [-0.2, -0.15) is 0 Å². The lowest BCUT2D eigenvalue weighted by Gasteiger charge is -2.16. The summed E-state index contributed by atoms with van der Waals surface area (Å²) in [5, 5.41) is 15.4. The van der Waals surface area contributed by atoms with Gasteiger partial charge in [0.15, 0.2) is 0 Å². The fourth-order valence-electron chi connectivity index (χ4n) is 1.65. The van der Waals surface area contributed by atoms with Gasteiger partial charge in [-0.25, -0.2) is 0 Å². The SMILES string of the molecule is CCCNC(CO)c1ccc(NC(=O)CC)cc1. The quantitative estimate of drug-likeness (QED) is 0.694. The molecule has 0 bridgehead atoms. The number of anilines is 1. The topological polar surface area (TPSA) is 61.4 Å². The number of carbonyl (C=O) groups is 1. The number of aliphatic hydroxyl groups excluding tert-OH is 1. The molecule has 0 radical (unpaired) electrons. The molecule has 0 aromatic heterocycles. The van der Waals surface area contributed by atoms with Gasteiger partial charge in [-0.3, -0.25) is 4.79 Å². The second-order valence-corrected chi connectivity index (χ2v) is 4.21. The van der Waals surface area contributed by atoms with Crippen LogP contribution in [0.4, 0.5) is 5.69 Å². The highest BCUT2D eigenvalue weighted by molar-refractivity contribution is 5.90. The maximum Gasteiger partial charge on any atom is 0.224 e. The van der Waals surface area contributed by atoms with E-state index >= 15 is 0 Å². The Bertz CT molecular complexity index is 363. The molecule has 0 spiro atoms. The van der Waals surface area contributed by atoms with Gasteiger partial charge in [0.1, 0.15) is 0 Å². The van der Waals surface area contributed by atoms with Crippen molar-refractivity contribution >= 4 is 11.6 Å². The van der Waals surface area contributed by atoms with Gasteiger partial charge in [0.2, 0.25) is 5.91 Å². The first-order valence-corrected chi connectivity index (χ1v) is 6.45. The van der Waals surface area contributed by atoms with Crippen LogP contribution in [0.3, 0.4) is 0 Å². The van der Waals surface area contributed by atoms with Crippen LogP contribution in [0.15, 0.2) is 24.3 Å². The largest absolute Gasteiger partial charge is 0.394 e. The predicted octanol–water partition coefficient (Wildman–Crippen LogP) is 2.07. The lowest BCUT2D eigenvalue weighted by molar-refractivity contribution is -0.115. The number of aliphatic hydroxyl groups is 1. The minimum Gasteiger partial charge on any atom is -0.394 e. The zero-order valence-corrected chi connectivity index (χ0v) is 11.1. The van der Waals surface area contributed by atoms with Crippen molar-refractivity contribution < 1.29 is 9.90 Å². The maximum absolute atomic E-state index is 11.2. The number of nitrogens with one attached hydrogen (secondary N) is 2. The first-order chi connectivity index (χ1) is 8.71. The van der Waals surface area contributed by atoms with Crippen molar-refractivity contribution in [2.24, 2.45) is 0 Å². The molecular weight excluding hydrogens is 228 g/mol. The first-order valence-electron chi connectivity index (χ1n) is 6.45. The fraction of sp³-hybridized carbons (Fsp3) is 0.500. The molecule has 1 amide bonds. The van der Waals surface area contributed by atoms with E-state index in [-0.39, 0.29) is 18.6 Å². The zero-order chi connectivity index (χ0) is 13.4. The molecule has 4 heteroatoms. The van der Waals surface area contributed by atoms with Crippen LogP contribution in [-0.2, 0) is 4.79 Å². The number of hydrogen-bond donors (Lipinski definition) is 3. The van der Waals surface area contributed by atoms with Crippen LogP contribution in [0.5, 0.6) is 0 Å². The number of benzene rings is 1. The van der Waals surface area contributed by atoms with Gasteiger partial charge in [0, 0.05) is 12.1 Å². The lowest BCUT2D eigenvalue weighted by Crippen LogP contribution is -2.25. The molecule has 1 unspecified atom stereocenters. The Balaban J connectivity index is 2.65. The van der Waals surface area contributed by atoms with Gasteiger partial charge in [0.05, 0.1) is 12.6 Å². The van der Waals surface area contributed by atoms with Crippen LogP contribution in [-0.4, -0.2) is 24.2 Å².